The summed E-state index contributed by atoms with van der Waals surface area (Å²) in [4.78, 5) is 10.2. The van der Waals surface area contributed by atoms with Gasteiger partial charge in [-0.05, 0) is 56.1 Å². The number of hydrogen-bond donors (Lipinski definition) is 0. The minimum absolute atomic E-state index is 0.147. The Morgan fingerprint density at radius 1 is 0.750 bits per heavy atom. The third-order valence-electron chi connectivity index (χ3n) is 7.16. The van der Waals surface area contributed by atoms with Crippen LogP contribution in [0.15, 0.2) is 54.6 Å². The standard InChI is InChI=1S/C27H39FN4/c1-29-15-21-32(22-16-29)27(25-10-12-26(28)13-11-25)23-31-19-17-30(18-20-31)14-6-5-9-24-7-3-2-4-8-24/h2-4,7-8,10-13,27H,5-6,9,14-23H2,1H3. The van der Waals surface area contributed by atoms with Gasteiger partial charge in [-0.1, -0.05) is 42.5 Å². The summed E-state index contributed by atoms with van der Waals surface area (Å²) in [6, 6.07) is 18.4. The lowest BCUT2D eigenvalue weighted by atomic mass is 10.0. The summed E-state index contributed by atoms with van der Waals surface area (Å²) in [6.07, 6.45) is 3.72. The molecule has 4 nitrogen and oxygen atoms in total. The first-order valence-corrected chi connectivity index (χ1v) is 12.3. The van der Waals surface area contributed by atoms with Gasteiger partial charge in [0.25, 0.3) is 0 Å². The molecular formula is C27H39FN4. The Morgan fingerprint density at radius 3 is 2.09 bits per heavy atom. The SMILES string of the molecule is CN1CCN(C(CN2CCN(CCCCc3ccccc3)CC2)c2ccc(F)cc2)CC1. The first kappa shape index (κ1) is 23.4. The van der Waals surface area contributed by atoms with Crippen LogP contribution in [-0.4, -0.2) is 92.1 Å². The topological polar surface area (TPSA) is 13.0 Å². The smallest absolute Gasteiger partial charge is 0.123 e. The highest BCUT2D eigenvalue weighted by molar-refractivity contribution is 5.21. The van der Waals surface area contributed by atoms with Gasteiger partial charge in [-0.15, -0.1) is 0 Å². The molecule has 4 rings (SSSR count). The van der Waals surface area contributed by atoms with E-state index >= 15 is 0 Å². The van der Waals surface area contributed by atoms with Crippen LogP contribution in [0.5, 0.6) is 0 Å². The van der Waals surface area contributed by atoms with Crippen LogP contribution >= 0.6 is 0 Å². The van der Waals surface area contributed by atoms with E-state index < -0.39 is 0 Å². The average molecular weight is 439 g/mol. The second kappa shape index (κ2) is 11.9. The Hall–Kier alpha value is -1.79. The molecule has 0 amide bonds. The van der Waals surface area contributed by atoms with Crippen LogP contribution in [0, 0.1) is 5.82 Å². The quantitative estimate of drug-likeness (QED) is 0.553. The monoisotopic (exact) mass is 438 g/mol. The van der Waals surface area contributed by atoms with Crippen LogP contribution in [0.2, 0.25) is 0 Å². The molecule has 1 atom stereocenters. The van der Waals surface area contributed by atoms with E-state index in [1.54, 1.807) is 12.1 Å². The molecule has 5 heteroatoms. The molecule has 2 fully saturated rings. The minimum Gasteiger partial charge on any atom is -0.304 e. The number of piperazine rings is 2. The number of hydrogen-bond acceptors (Lipinski definition) is 4. The fraction of sp³-hybridized carbons (Fsp3) is 0.556. The predicted molar refractivity (Wildman–Crippen MR) is 130 cm³/mol. The lowest BCUT2D eigenvalue weighted by Crippen LogP contribution is -2.52. The molecule has 2 aliphatic heterocycles. The van der Waals surface area contributed by atoms with Crippen molar-refractivity contribution in [2.75, 3.05) is 72.5 Å². The maximum atomic E-state index is 13.5. The molecule has 0 radical (unpaired) electrons. The Bertz CT molecular complexity index is 781. The lowest BCUT2D eigenvalue weighted by molar-refractivity contribution is 0.0635. The van der Waals surface area contributed by atoms with Gasteiger partial charge in [0.05, 0.1) is 0 Å². The van der Waals surface area contributed by atoms with Crippen molar-refractivity contribution in [1.29, 1.82) is 0 Å². The summed E-state index contributed by atoms with van der Waals surface area (Å²) in [6.45, 7) is 11.2. The highest BCUT2D eigenvalue weighted by Gasteiger charge is 2.27. The van der Waals surface area contributed by atoms with Gasteiger partial charge in [-0.2, -0.15) is 0 Å². The summed E-state index contributed by atoms with van der Waals surface area (Å²) < 4.78 is 13.5. The Kier molecular flexibility index (Phi) is 8.69. The zero-order chi connectivity index (χ0) is 22.2. The van der Waals surface area contributed by atoms with Crippen LogP contribution in [0.25, 0.3) is 0 Å². The molecule has 2 heterocycles. The van der Waals surface area contributed by atoms with Crippen molar-refractivity contribution in [2.45, 2.75) is 25.3 Å². The molecule has 0 spiro atoms. The highest BCUT2D eigenvalue weighted by atomic mass is 19.1. The van der Waals surface area contributed by atoms with Crippen LogP contribution in [-0.2, 0) is 6.42 Å². The van der Waals surface area contributed by atoms with E-state index in [2.05, 4.69) is 57.0 Å². The zero-order valence-electron chi connectivity index (χ0n) is 19.6. The highest BCUT2D eigenvalue weighted by Crippen LogP contribution is 2.24. The van der Waals surface area contributed by atoms with Gasteiger partial charge in [0.2, 0.25) is 0 Å². The predicted octanol–water partition coefficient (Wildman–Crippen LogP) is 3.75. The maximum absolute atomic E-state index is 13.5. The molecule has 2 aromatic rings. The molecule has 0 N–H and O–H groups in total. The first-order chi connectivity index (χ1) is 15.7. The first-order valence-electron chi connectivity index (χ1n) is 12.3. The molecule has 1 unspecified atom stereocenters. The second-order valence-corrected chi connectivity index (χ2v) is 9.49. The van der Waals surface area contributed by atoms with Crippen LogP contribution in [0.4, 0.5) is 4.39 Å². The van der Waals surface area contributed by atoms with Crippen molar-refractivity contribution < 1.29 is 4.39 Å². The number of aryl methyl sites for hydroxylation is 1. The molecule has 32 heavy (non-hydrogen) atoms. The van der Waals surface area contributed by atoms with E-state index in [1.165, 1.54) is 36.9 Å². The molecule has 174 valence electrons. The van der Waals surface area contributed by atoms with E-state index in [-0.39, 0.29) is 5.82 Å². The number of unbranched alkanes of at least 4 members (excludes halogenated alkanes) is 1. The van der Waals surface area contributed by atoms with Crippen LogP contribution in [0.1, 0.15) is 30.0 Å². The zero-order valence-corrected chi connectivity index (χ0v) is 19.6. The van der Waals surface area contributed by atoms with Gasteiger partial charge in [-0.25, -0.2) is 4.39 Å². The largest absolute Gasteiger partial charge is 0.304 e. The van der Waals surface area contributed by atoms with Gasteiger partial charge >= 0.3 is 0 Å². The summed E-state index contributed by atoms with van der Waals surface area (Å²) >= 11 is 0. The summed E-state index contributed by atoms with van der Waals surface area (Å²) in [7, 11) is 2.20. The van der Waals surface area contributed by atoms with Crippen molar-refractivity contribution in [3.05, 3.63) is 71.5 Å². The minimum atomic E-state index is -0.147. The Labute approximate surface area is 193 Å². The van der Waals surface area contributed by atoms with E-state index in [1.807, 2.05) is 12.1 Å². The fourth-order valence-corrected chi connectivity index (χ4v) is 5.00. The average Bonchev–Trinajstić information content (AvgIpc) is 2.83. The second-order valence-electron chi connectivity index (χ2n) is 9.49. The van der Waals surface area contributed by atoms with Crippen LogP contribution in [0.3, 0.4) is 0 Å². The summed E-state index contributed by atoms with van der Waals surface area (Å²) in [5.74, 6) is -0.147. The van der Waals surface area contributed by atoms with Crippen molar-refractivity contribution >= 4 is 0 Å². The lowest BCUT2D eigenvalue weighted by Gasteiger charge is -2.42. The maximum Gasteiger partial charge on any atom is 0.123 e. The third kappa shape index (κ3) is 6.85. The Morgan fingerprint density at radius 2 is 1.41 bits per heavy atom. The molecule has 0 saturated carbocycles. The number of halogens is 1. The van der Waals surface area contributed by atoms with E-state index in [4.69, 9.17) is 0 Å². The van der Waals surface area contributed by atoms with Crippen molar-refractivity contribution in [3.8, 4) is 0 Å². The van der Waals surface area contributed by atoms with Gasteiger partial charge in [0, 0.05) is 64.9 Å². The fourth-order valence-electron chi connectivity index (χ4n) is 5.00. The van der Waals surface area contributed by atoms with Crippen LogP contribution < -0.4 is 0 Å². The number of likely N-dealkylation sites (N-methyl/N-ethyl adjacent to an activating group) is 1. The number of nitrogens with zero attached hydrogens (tertiary/aromatic N) is 4. The Balaban J connectivity index is 1.24. The molecule has 0 bridgehead atoms. The van der Waals surface area contributed by atoms with Gasteiger partial charge in [0.1, 0.15) is 5.82 Å². The third-order valence-corrected chi connectivity index (χ3v) is 7.16. The van der Waals surface area contributed by atoms with E-state index in [9.17, 15) is 4.39 Å². The van der Waals surface area contributed by atoms with Gasteiger partial charge in [-0.3, -0.25) is 9.80 Å². The normalized spacial score (nSPS) is 20.4. The molecule has 0 aromatic heterocycles. The number of rotatable bonds is 9. The van der Waals surface area contributed by atoms with Gasteiger partial charge in [0.15, 0.2) is 0 Å². The molecule has 2 saturated heterocycles. The van der Waals surface area contributed by atoms with Crippen molar-refractivity contribution in [2.24, 2.45) is 0 Å². The van der Waals surface area contributed by atoms with E-state index in [0.29, 0.717) is 6.04 Å². The molecular weight excluding hydrogens is 399 g/mol. The number of benzene rings is 2. The molecule has 0 aliphatic carbocycles. The summed E-state index contributed by atoms with van der Waals surface area (Å²) in [5, 5.41) is 0. The van der Waals surface area contributed by atoms with Crippen molar-refractivity contribution in [3.63, 3.8) is 0 Å². The summed E-state index contributed by atoms with van der Waals surface area (Å²) in [5.41, 5.74) is 2.70. The van der Waals surface area contributed by atoms with Crippen molar-refractivity contribution in [1.82, 2.24) is 19.6 Å². The van der Waals surface area contributed by atoms with E-state index in [0.717, 1.165) is 58.9 Å². The molecule has 2 aliphatic rings. The van der Waals surface area contributed by atoms with Gasteiger partial charge < -0.3 is 9.80 Å². The molecule has 2 aromatic carbocycles.